The van der Waals surface area contributed by atoms with E-state index < -0.39 is 6.10 Å². The number of aliphatic hydroxyl groups excluding tert-OH is 1. The quantitative estimate of drug-likeness (QED) is 0.877. The van der Waals surface area contributed by atoms with Crippen LogP contribution in [0, 0.1) is 6.92 Å². The summed E-state index contributed by atoms with van der Waals surface area (Å²) in [5, 5.41) is 19.4. The number of rotatable bonds is 4. The van der Waals surface area contributed by atoms with Gasteiger partial charge in [0.05, 0.1) is 0 Å². The van der Waals surface area contributed by atoms with Crippen LogP contribution in [0.1, 0.15) is 15.9 Å². The number of para-hydroxylation sites is 2. The first-order valence-corrected chi connectivity index (χ1v) is 6.13. The Morgan fingerprint density at radius 3 is 2.65 bits per heavy atom. The van der Waals surface area contributed by atoms with Crippen molar-refractivity contribution in [3.05, 3.63) is 46.2 Å². The zero-order chi connectivity index (χ0) is 12.3. The molecule has 1 aromatic heterocycles. The maximum atomic E-state index is 9.89. The molecule has 4 heteroatoms. The highest BCUT2D eigenvalue weighted by Gasteiger charge is 2.11. The van der Waals surface area contributed by atoms with E-state index in [4.69, 9.17) is 4.74 Å². The molecule has 0 bridgehead atoms. The maximum Gasteiger partial charge on any atom is 0.161 e. The van der Waals surface area contributed by atoms with Crippen molar-refractivity contribution in [3.63, 3.8) is 0 Å². The molecule has 0 amide bonds. The summed E-state index contributed by atoms with van der Waals surface area (Å²) in [6.45, 7) is 2.13. The smallest absolute Gasteiger partial charge is 0.161 e. The lowest BCUT2D eigenvalue weighted by Crippen LogP contribution is -2.08. The summed E-state index contributed by atoms with van der Waals surface area (Å²) in [6.07, 6.45) is -0.659. The second kappa shape index (κ2) is 5.21. The van der Waals surface area contributed by atoms with Gasteiger partial charge in [0.1, 0.15) is 12.7 Å². The molecule has 0 radical (unpaired) electrons. The predicted octanol–water partition coefficient (Wildman–Crippen LogP) is 2.87. The van der Waals surface area contributed by atoms with Crippen LogP contribution in [0.2, 0.25) is 0 Å². The van der Waals surface area contributed by atoms with Crippen LogP contribution < -0.4 is 4.74 Å². The highest BCUT2D eigenvalue weighted by molar-refractivity contribution is 7.12. The molecule has 3 nitrogen and oxygen atoms in total. The second-order valence-electron chi connectivity index (χ2n) is 3.74. The largest absolute Gasteiger partial charge is 0.504 e. The molecule has 0 fully saturated rings. The van der Waals surface area contributed by atoms with Crippen LogP contribution in [-0.2, 0) is 0 Å². The SMILES string of the molecule is Cc1ccc(C(O)COc2ccccc2O)s1. The lowest BCUT2D eigenvalue weighted by molar-refractivity contribution is 0.109. The fourth-order valence-corrected chi connectivity index (χ4v) is 2.31. The Morgan fingerprint density at radius 1 is 1.24 bits per heavy atom. The van der Waals surface area contributed by atoms with Gasteiger partial charge in [-0.1, -0.05) is 12.1 Å². The molecule has 0 spiro atoms. The number of thiophene rings is 1. The van der Waals surface area contributed by atoms with Crippen LogP contribution in [0.4, 0.5) is 0 Å². The predicted molar refractivity (Wildman–Crippen MR) is 67.6 cm³/mol. The van der Waals surface area contributed by atoms with Gasteiger partial charge in [0.2, 0.25) is 0 Å². The van der Waals surface area contributed by atoms with Crippen molar-refractivity contribution >= 4 is 11.3 Å². The van der Waals surface area contributed by atoms with Crippen molar-refractivity contribution < 1.29 is 14.9 Å². The Hall–Kier alpha value is -1.52. The van der Waals surface area contributed by atoms with Crippen LogP contribution in [0.5, 0.6) is 11.5 Å². The lowest BCUT2D eigenvalue weighted by Gasteiger charge is -2.11. The normalized spacial score (nSPS) is 12.4. The van der Waals surface area contributed by atoms with Gasteiger partial charge in [-0.25, -0.2) is 0 Å². The number of phenols is 1. The Labute approximate surface area is 104 Å². The number of hydrogen-bond donors (Lipinski definition) is 2. The van der Waals surface area contributed by atoms with E-state index >= 15 is 0 Å². The van der Waals surface area contributed by atoms with Crippen LogP contribution >= 0.6 is 11.3 Å². The van der Waals surface area contributed by atoms with Gasteiger partial charge in [0.15, 0.2) is 11.5 Å². The number of aliphatic hydroxyl groups is 1. The molecule has 1 atom stereocenters. The monoisotopic (exact) mass is 250 g/mol. The summed E-state index contributed by atoms with van der Waals surface area (Å²) in [5.74, 6) is 0.474. The third kappa shape index (κ3) is 2.99. The summed E-state index contributed by atoms with van der Waals surface area (Å²) in [7, 11) is 0. The zero-order valence-electron chi connectivity index (χ0n) is 9.46. The van der Waals surface area contributed by atoms with E-state index in [-0.39, 0.29) is 12.4 Å². The molecule has 1 aromatic carbocycles. The average molecular weight is 250 g/mol. The van der Waals surface area contributed by atoms with Gasteiger partial charge in [0.25, 0.3) is 0 Å². The van der Waals surface area contributed by atoms with E-state index in [0.717, 1.165) is 9.75 Å². The van der Waals surface area contributed by atoms with Crippen molar-refractivity contribution in [2.24, 2.45) is 0 Å². The van der Waals surface area contributed by atoms with Crippen LogP contribution in [0.3, 0.4) is 0 Å². The lowest BCUT2D eigenvalue weighted by atomic mass is 10.3. The Morgan fingerprint density at radius 2 is 2.00 bits per heavy atom. The minimum atomic E-state index is -0.659. The summed E-state index contributed by atoms with van der Waals surface area (Å²) in [4.78, 5) is 2.03. The van der Waals surface area contributed by atoms with Crippen LogP contribution in [0.15, 0.2) is 36.4 Å². The Balaban J connectivity index is 1.97. The first kappa shape index (κ1) is 12.0. The number of aromatic hydroxyl groups is 1. The molecule has 2 rings (SSSR count). The average Bonchev–Trinajstić information content (AvgIpc) is 2.74. The van der Waals surface area contributed by atoms with E-state index in [9.17, 15) is 10.2 Å². The van der Waals surface area contributed by atoms with Crippen LogP contribution in [0.25, 0.3) is 0 Å². The van der Waals surface area contributed by atoms with E-state index in [2.05, 4.69) is 0 Å². The Kier molecular flexibility index (Phi) is 3.66. The fraction of sp³-hybridized carbons (Fsp3) is 0.231. The van der Waals surface area contributed by atoms with Gasteiger partial charge in [-0.2, -0.15) is 0 Å². The molecule has 17 heavy (non-hydrogen) atoms. The molecule has 0 aliphatic rings. The minimum absolute atomic E-state index is 0.0852. The maximum absolute atomic E-state index is 9.89. The fourth-order valence-electron chi connectivity index (χ4n) is 1.46. The number of benzene rings is 1. The van der Waals surface area contributed by atoms with Gasteiger partial charge < -0.3 is 14.9 Å². The van der Waals surface area contributed by atoms with E-state index in [1.807, 2.05) is 19.1 Å². The standard InChI is InChI=1S/C13H14O3S/c1-9-6-7-13(17-9)11(15)8-16-12-5-3-2-4-10(12)14/h2-7,11,14-15H,8H2,1H3. The van der Waals surface area contributed by atoms with Crippen molar-refractivity contribution in [2.75, 3.05) is 6.61 Å². The van der Waals surface area contributed by atoms with Gasteiger partial charge >= 0.3 is 0 Å². The molecule has 2 aromatic rings. The van der Waals surface area contributed by atoms with Crippen molar-refractivity contribution in [3.8, 4) is 11.5 Å². The summed E-state index contributed by atoms with van der Waals surface area (Å²) in [6, 6.07) is 10.6. The molecule has 1 heterocycles. The van der Waals surface area contributed by atoms with Gasteiger partial charge in [-0.15, -0.1) is 11.3 Å². The van der Waals surface area contributed by atoms with E-state index in [1.165, 1.54) is 0 Å². The first-order valence-electron chi connectivity index (χ1n) is 5.32. The highest BCUT2D eigenvalue weighted by Crippen LogP contribution is 2.27. The molecular weight excluding hydrogens is 236 g/mol. The van der Waals surface area contributed by atoms with Gasteiger partial charge in [-0.05, 0) is 31.2 Å². The molecule has 2 N–H and O–H groups in total. The summed E-state index contributed by atoms with van der Waals surface area (Å²) in [5.41, 5.74) is 0. The molecule has 90 valence electrons. The minimum Gasteiger partial charge on any atom is -0.504 e. The third-order valence-corrected chi connectivity index (χ3v) is 3.45. The summed E-state index contributed by atoms with van der Waals surface area (Å²) < 4.78 is 5.37. The first-order chi connectivity index (χ1) is 8.16. The molecule has 0 saturated heterocycles. The number of phenolic OH excluding ortho intramolecular Hbond substituents is 1. The zero-order valence-corrected chi connectivity index (χ0v) is 10.3. The number of hydrogen-bond acceptors (Lipinski definition) is 4. The molecule has 0 aliphatic carbocycles. The van der Waals surface area contributed by atoms with Crippen molar-refractivity contribution in [1.82, 2.24) is 0 Å². The molecule has 0 saturated carbocycles. The van der Waals surface area contributed by atoms with E-state index in [1.54, 1.807) is 35.6 Å². The van der Waals surface area contributed by atoms with Crippen molar-refractivity contribution in [2.45, 2.75) is 13.0 Å². The number of ether oxygens (including phenoxy) is 1. The molecule has 0 aliphatic heterocycles. The van der Waals surface area contributed by atoms with E-state index in [0.29, 0.717) is 5.75 Å². The van der Waals surface area contributed by atoms with Crippen molar-refractivity contribution in [1.29, 1.82) is 0 Å². The number of aryl methyl sites for hydroxylation is 1. The molecular formula is C13H14O3S. The Bertz CT molecular complexity index is 493. The third-order valence-electron chi connectivity index (χ3n) is 2.35. The van der Waals surface area contributed by atoms with Gasteiger partial charge in [-0.3, -0.25) is 0 Å². The van der Waals surface area contributed by atoms with Crippen LogP contribution in [-0.4, -0.2) is 16.8 Å². The van der Waals surface area contributed by atoms with Gasteiger partial charge in [0, 0.05) is 9.75 Å². The summed E-state index contributed by atoms with van der Waals surface area (Å²) >= 11 is 1.54. The second-order valence-corrected chi connectivity index (χ2v) is 5.06. The topological polar surface area (TPSA) is 49.7 Å². The highest BCUT2D eigenvalue weighted by atomic mass is 32.1. The molecule has 1 unspecified atom stereocenters.